The molecule has 2 N–H and O–H groups in total. The lowest BCUT2D eigenvalue weighted by Gasteiger charge is -2.31. The molecule has 3 atom stereocenters. The van der Waals surface area contributed by atoms with Crippen LogP contribution in [0.4, 0.5) is 0 Å². The topological polar surface area (TPSA) is 78.9 Å². The van der Waals surface area contributed by atoms with E-state index < -0.39 is 11.9 Å². The number of hydrogen-bond donors (Lipinski definition) is 2. The minimum Gasteiger partial charge on any atom is -0.481 e. The molecule has 0 aromatic rings. The minimum atomic E-state index is -0.890. The number of nitrogens with one attached hydrogen (secondary N) is 1. The van der Waals surface area contributed by atoms with E-state index in [0.717, 1.165) is 19.4 Å². The largest absolute Gasteiger partial charge is 0.481 e. The lowest BCUT2D eigenvalue weighted by molar-refractivity contribution is -0.145. The number of carbonyl (C=O) groups is 2. The van der Waals surface area contributed by atoms with Crippen molar-refractivity contribution < 1.29 is 19.4 Å². The highest BCUT2D eigenvalue weighted by atomic mass is 16.5. The Morgan fingerprint density at radius 2 is 2.17 bits per heavy atom. The summed E-state index contributed by atoms with van der Waals surface area (Å²) in [6.07, 6.45) is 1.87. The van der Waals surface area contributed by atoms with Crippen molar-refractivity contribution in [1.29, 1.82) is 0 Å². The number of aliphatic carboxylic acids is 1. The number of nitrogens with zero attached hydrogens (tertiary/aromatic N) is 1. The molecule has 6 heteroatoms. The van der Waals surface area contributed by atoms with Gasteiger partial charge in [0, 0.05) is 13.6 Å². The van der Waals surface area contributed by atoms with Gasteiger partial charge < -0.3 is 20.1 Å². The van der Waals surface area contributed by atoms with E-state index in [1.807, 2.05) is 0 Å². The van der Waals surface area contributed by atoms with Gasteiger partial charge in [-0.3, -0.25) is 9.59 Å². The summed E-state index contributed by atoms with van der Waals surface area (Å²) >= 11 is 0. The van der Waals surface area contributed by atoms with Crippen molar-refractivity contribution in [1.82, 2.24) is 10.2 Å². The molecule has 6 nitrogen and oxygen atoms in total. The van der Waals surface area contributed by atoms with Crippen LogP contribution in [0.5, 0.6) is 0 Å². The summed E-state index contributed by atoms with van der Waals surface area (Å²) < 4.78 is 5.20. The zero-order chi connectivity index (χ0) is 13.1. The molecule has 102 valence electrons. The second-order valence-corrected chi connectivity index (χ2v) is 5.04. The summed E-state index contributed by atoms with van der Waals surface area (Å²) in [4.78, 5) is 24.9. The fourth-order valence-corrected chi connectivity index (χ4v) is 2.67. The second kappa shape index (κ2) is 5.67. The molecule has 18 heavy (non-hydrogen) atoms. The number of ether oxygens (including phenoxy) is 1. The van der Waals surface area contributed by atoms with Gasteiger partial charge >= 0.3 is 5.97 Å². The van der Waals surface area contributed by atoms with E-state index in [2.05, 4.69) is 5.32 Å². The molecule has 2 aliphatic heterocycles. The summed E-state index contributed by atoms with van der Waals surface area (Å²) in [5.74, 6) is -1.49. The van der Waals surface area contributed by atoms with E-state index in [1.165, 1.54) is 0 Å². The number of carboxylic acid groups (broad SMARTS) is 1. The van der Waals surface area contributed by atoms with Crippen LogP contribution in [0.3, 0.4) is 0 Å². The Morgan fingerprint density at radius 1 is 1.39 bits per heavy atom. The maximum atomic E-state index is 12.3. The van der Waals surface area contributed by atoms with Crippen LogP contribution < -0.4 is 5.32 Å². The zero-order valence-corrected chi connectivity index (χ0v) is 10.6. The van der Waals surface area contributed by atoms with Crippen LogP contribution in [0.15, 0.2) is 0 Å². The van der Waals surface area contributed by atoms with E-state index in [0.29, 0.717) is 13.2 Å². The van der Waals surface area contributed by atoms with Crippen LogP contribution in [0, 0.1) is 11.8 Å². The molecular weight excluding hydrogens is 236 g/mol. The van der Waals surface area contributed by atoms with E-state index in [-0.39, 0.29) is 24.5 Å². The average molecular weight is 256 g/mol. The summed E-state index contributed by atoms with van der Waals surface area (Å²) in [6.45, 7) is 2.16. The van der Waals surface area contributed by atoms with Gasteiger partial charge in [0.15, 0.2) is 0 Å². The highest BCUT2D eigenvalue weighted by molar-refractivity contribution is 5.80. The molecule has 0 aromatic heterocycles. The van der Waals surface area contributed by atoms with E-state index in [9.17, 15) is 9.59 Å². The first-order valence-electron chi connectivity index (χ1n) is 6.39. The molecule has 0 bridgehead atoms. The molecule has 0 spiro atoms. The van der Waals surface area contributed by atoms with Crippen molar-refractivity contribution in [2.45, 2.75) is 18.9 Å². The Balaban J connectivity index is 1.98. The first-order chi connectivity index (χ1) is 8.61. The van der Waals surface area contributed by atoms with Crippen LogP contribution in [0.25, 0.3) is 0 Å². The Morgan fingerprint density at radius 3 is 2.78 bits per heavy atom. The van der Waals surface area contributed by atoms with Crippen molar-refractivity contribution >= 4 is 11.9 Å². The Hall–Kier alpha value is -1.14. The molecule has 2 aliphatic rings. The Kier molecular flexibility index (Phi) is 4.19. The second-order valence-electron chi connectivity index (χ2n) is 5.04. The normalized spacial score (nSPS) is 32.2. The maximum Gasteiger partial charge on any atom is 0.311 e. The van der Waals surface area contributed by atoms with Crippen molar-refractivity contribution in [2.75, 3.05) is 33.4 Å². The monoisotopic (exact) mass is 256 g/mol. The highest BCUT2D eigenvalue weighted by Gasteiger charge is 2.39. The van der Waals surface area contributed by atoms with E-state index >= 15 is 0 Å². The van der Waals surface area contributed by atoms with Crippen molar-refractivity contribution in [3.63, 3.8) is 0 Å². The van der Waals surface area contributed by atoms with E-state index in [4.69, 9.17) is 9.84 Å². The molecule has 0 aromatic carbocycles. The third-order valence-corrected chi connectivity index (χ3v) is 3.86. The van der Waals surface area contributed by atoms with Gasteiger partial charge in [0.05, 0.1) is 25.2 Å². The third-order valence-electron chi connectivity index (χ3n) is 3.86. The molecule has 2 heterocycles. The van der Waals surface area contributed by atoms with Gasteiger partial charge in [0.1, 0.15) is 5.92 Å². The van der Waals surface area contributed by atoms with Gasteiger partial charge in [0.25, 0.3) is 0 Å². The summed E-state index contributed by atoms with van der Waals surface area (Å²) in [6, 6.07) is -0.336. The van der Waals surface area contributed by atoms with Gasteiger partial charge in [-0.15, -0.1) is 0 Å². The molecule has 2 fully saturated rings. The van der Waals surface area contributed by atoms with Crippen LogP contribution in [0.1, 0.15) is 12.8 Å². The molecule has 1 amide bonds. The lowest BCUT2D eigenvalue weighted by atomic mass is 9.95. The van der Waals surface area contributed by atoms with Gasteiger partial charge in [-0.1, -0.05) is 0 Å². The zero-order valence-electron chi connectivity index (χ0n) is 10.6. The minimum absolute atomic E-state index is 0.0289. The van der Waals surface area contributed by atoms with Gasteiger partial charge in [-0.25, -0.2) is 0 Å². The highest BCUT2D eigenvalue weighted by Crippen LogP contribution is 2.22. The molecule has 2 unspecified atom stereocenters. The Labute approximate surface area is 106 Å². The standard InChI is InChI=1S/C12H20N2O4/c1-14(10-7-18-6-9(10)12(16)17)11(15)8-3-2-4-13-5-8/h8-10,13H,2-7H2,1H3,(H,16,17)/t8-,9?,10?/m0/s1. The first kappa shape index (κ1) is 13.3. The van der Waals surface area contributed by atoms with Crippen LogP contribution >= 0.6 is 0 Å². The fourth-order valence-electron chi connectivity index (χ4n) is 2.67. The summed E-state index contributed by atoms with van der Waals surface area (Å²) in [5, 5.41) is 12.3. The molecule has 0 saturated carbocycles. The van der Waals surface area contributed by atoms with Gasteiger partial charge in [-0.05, 0) is 19.4 Å². The number of piperidine rings is 1. The number of rotatable bonds is 3. The van der Waals surface area contributed by atoms with Gasteiger partial charge in [0.2, 0.25) is 5.91 Å². The van der Waals surface area contributed by atoms with Crippen molar-refractivity contribution in [2.24, 2.45) is 11.8 Å². The average Bonchev–Trinajstić information content (AvgIpc) is 2.87. The smallest absolute Gasteiger partial charge is 0.311 e. The van der Waals surface area contributed by atoms with Crippen LogP contribution in [0.2, 0.25) is 0 Å². The first-order valence-corrected chi connectivity index (χ1v) is 6.39. The quantitative estimate of drug-likeness (QED) is 0.714. The maximum absolute atomic E-state index is 12.3. The van der Waals surface area contributed by atoms with Crippen molar-refractivity contribution in [3.8, 4) is 0 Å². The van der Waals surface area contributed by atoms with Gasteiger partial charge in [-0.2, -0.15) is 0 Å². The third kappa shape index (κ3) is 2.64. The molecule has 2 rings (SSSR count). The molecular formula is C12H20N2O4. The van der Waals surface area contributed by atoms with Crippen LogP contribution in [-0.2, 0) is 14.3 Å². The number of carboxylic acids is 1. The predicted molar refractivity (Wildman–Crippen MR) is 64.1 cm³/mol. The van der Waals surface area contributed by atoms with E-state index in [1.54, 1.807) is 11.9 Å². The molecule has 0 radical (unpaired) electrons. The predicted octanol–water partition coefficient (Wildman–Crippen LogP) is -0.456. The Bertz CT molecular complexity index is 328. The van der Waals surface area contributed by atoms with Crippen LogP contribution in [-0.4, -0.2) is 61.3 Å². The number of amides is 1. The SMILES string of the molecule is CN(C(=O)[C@H]1CCCNC1)C1COCC1C(=O)O. The number of hydrogen-bond acceptors (Lipinski definition) is 4. The molecule has 2 saturated heterocycles. The number of likely N-dealkylation sites (N-methyl/N-ethyl adjacent to an activating group) is 1. The summed E-state index contributed by atoms with van der Waals surface area (Å²) in [5.41, 5.74) is 0. The summed E-state index contributed by atoms with van der Waals surface area (Å²) in [7, 11) is 1.69. The fraction of sp³-hybridized carbons (Fsp3) is 0.833. The number of carbonyl (C=O) groups excluding carboxylic acids is 1. The lowest BCUT2D eigenvalue weighted by Crippen LogP contribution is -2.49. The molecule has 0 aliphatic carbocycles. The van der Waals surface area contributed by atoms with Crippen molar-refractivity contribution in [3.05, 3.63) is 0 Å².